The number of amides is 2. The Morgan fingerprint density at radius 3 is 2.56 bits per heavy atom. The highest BCUT2D eigenvalue weighted by molar-refractivity contribution is 7.89. The van der Waals surface area contributed by atoms with Gasteiger partial charge in [0.1, 0.15) is 5.54 Å². The van der Waals surface area contributed by atoms with Crippen LogP contribution in [0.1, 0.15) is 20.8 Å². The van der Waals surface area contributed by atoms with Crippen LogP contribution in [0.15, 0.2) is 0 Å². The van der Waals surface area contributed by atoms with Crippen molar-refractivity contribution in [1.82, 2.24) is 14.9 Å². The van der Waals surface area contributed by atoms with Crippen molar-refractivity contribution in [1.29, 1.82) is 0 Å². The molecule has 0 saturated carbocycles. The lowest BCUT2D eigenvalue weighted by atomic mass is 10.0. The first kappa shape index (κ1) is 15.1. The third-order valence-electron chi connectivity index (χ3n) is 2.84. The smallest absolute Gasteiger partial charge is 0.247 e. The van der Waals surface area contributed by atoms with Crippen LogP contribution in [0.2, 0.25) is 0 Å². The molecule has 1 fully saturated rings. The van der Waals surface area contributed by atoms with Gasteiger partial charge in [-0.3, -0.25) is 14.9 Å². The van der Waals surface area contributed by atoms with Gasteiger partial charge in [-0.05, 0) is 20.4 Å². The van der Waals surface area contributed by atoms with Gasteiger partial charge < -0.3 is 5.32 Å². The topological polar surface area (TPSA) is 95.6 Å². The predicted octanol–water partition coefficient (Wildman–Crippen LogP) is -1.34. The minimum atomic E-state index is -3.64. The Bertz CT molecular complexity index is 444. The largest absolute Gasteiger partial charge is 0.316 e. The third-order valence-corrected chi connectivity index (χ3v) is 4.82. The number of sulfonamides is 1. The van der Waals surface area contributed by atoms with Gasteiger partial charge in [-0.25, -0.2) is 8.42 Å². The maximum Gasteiger partial charge on any atom is 0.247 e. The standard InChI is InChI=1S/C10H19N3O4S/c1-4-11-5-6-18(16,17)13-7-8(14)12-9(15)10(13,2)3/h11H,4-7H2,1-3H3,(H,12,14,15). The van der Waals surface area contributed by atoms with E-state index >= 15 is 0 Å². The van der Waals surface area contributed by atoms with E-state index in [-0.39, 0.29) is 12.3 Å². The maximum atomic E-state index is 12.1. The molecule has 0 aliphatic carbocycles. The molecule has 18 heavy (non-hydrogen) atoms. The number of carbonyl (C=O) groups is 2. The van der Waals surface area contributed by atoms with E-state index in [0.717, 1.165) is 4.31 Å². The van der Waals surface area contributed by atoms with Gasteiger partial charge in [0.25, 0.3) is 0 Å². The van der Waals surface area contributed by atoms with Crippen LogP contribution in [0, 0.1) is 0 Å². The first-order chi connectivity index (χ1) is 8.21. The highest BCUT2D eigenvalue weighted by Gasteiger charge is 2.46. The van der Waals surface area contributed by atoms with E-state index in [2.05, 4.69) is 10.6 Å². The number of hydrogen-bond donors (Lipinski definition) is 2. The number of nitrogens with zero attached hydrogens (tertiary/aromatic N) is 1. The molecule has 1 rings (SSSR count). The van der Waals surface area contributed by atoms with Gasteiger partial charge in [0.05, 0.1) is 12.3 Å². The van der Waals surface area contributed by atoms with Crippen LogP contribution >= 0.6 is 0 Å². The van der Waals surface area contributed by atoms with Gasteiger partial charge in [0.2, 0.25) is 21.8 Å². The summed E-state index contributed by atoms with van der Waals surface area (Å²) in [5.41, 5.74) is -1.24. The lowest BCUT2D eigenvalue weighted by molar-refractivity contribution is -0.141. The Balaban J connectivity index is 2.91. The van der Waals surface area contributed by atoms with Crippen molar-refractivity contribution < 1.29 is 18.0 Å². The van der Waals surface area contributed by atoms with Gasteiger partial charge in [-0.1, -0.05) is 6.92 Å². The highest BCUT2D eigenvalue weighted by atomic mass is 32.2. The van der Waals surface area contributed by atoms with E-state index in [9.17, 15) is 18.0 Å². The molecule has 104 valence electrons. The molecule has 2 N–H and O–H groups in total. The summed E-state index contributed by atoms with van der Waals surface area (Å²) < 4.78 is 25.2. The Morgan fingerprint density at radius 1 is 1.39 bits per heavy atom. The average Bonchev–Trinajstić information content (AvgIpc) is 2.24. The van der Waals surface area contributed by atoms with E-state index < -0.39 is 27.4 Å². The normalized spacial score (nSPS) is 20.8. The zero-order chi connectivity index (χ0) is 14.0. The summed E-state index contributed by atoms with van der Waals surface area (Å²) in [6.07, 6.45) is 0. The lowest BCUT2D eigenvalue weighted by Crippen LogP contribution is -2.65. The van der Waals surface area contributed by atoms with E-state index in [4.69, 9.17) is 0 Å². The Morgan fingerprint density at radius 2 is 2.00 bits per heavy atom. The molecule has 0 aromatic rings. The summed E-state index contributed by atoms with van der Waals surface area (Å²) in [5, 5.41) is 5.04. The molecule has 0 radical (unpaired) electrons. The van der Waals surface area contributed by atoms with Crippen LogP contribution in [0.5, 0.6) is 0 Å². The minimum absolute atomic E-state index is 0.134. The molecule has 0 bridgehead atoms. The molecule has 2 amide bonds. The molecule has 0 atom stereocenters. The highest BCUT2D eigenvalue weighted by Crippen LogP contribution is 2.22. The van der Waals surface area contributed by atoms with E-state index in [1.54, 1.807) is 0 Å². The Labute approximate surface area is 107 Å². The number of hydrogen-bond acceptors (Lipinski definition) is 5. The number of imide groups is 1. The van der Waals surface area contributed by atoms with E-state index in [1.165, 1.54) is 13.8 Å². The SMILES string of the molecule is CCNCCS(=O)(=O)N1CC(=O)NC(=O)C1(C)C. The summed E-state index contributed by atoms with van der Waals surface area (Å²) in [5.74, 6) is -1.32. The molecule has 1 saturated heterocycles. The van der Waals surface area contributed by atoms with Gasteiger partial charge in [-0.2, -0.15) is 4.31 Å². The third kappa shape index (κ3) is 3.06. The zero-order valence-corrected chi connectivity index (χ0v) is 11.6. The van der Waals surface area contributed by atoms with Crippen molar-refractivity contribution >= 4 is 21.8 Å². The summed E-state index contributed by atoms with van der Waals surface area (Å²) in [6, 6.07) is 0. The van der Waals surface area contributed by atoms with E-state index in [1.807, 2.05) is 6.92 Å². The first-order valence-electron chi connectivity index (χ1n) is 5.77. The average molecular weight is 277 g/mol. The molecule has 0 aromatic carbocycles. The fraction of sp³-hybridized carbons (Fsp3) is 0.800. The van der Waals surface area contributed by atoms with Crippen molar-refractivity contribution in [2.75, 3.05) is 25.4 Å². The van der Waals surface area contributed by atoms with Crippen molar-refractivity contribution in [2.45, 2.75) is 26.3 Å². The quantitative estimate of drug-likeness (QED) is 0.479. The molecule has 0 spiro atoms. The number of carbonyl (C=O) groups excluding carboxylic acids is 2. The van der Waals surface area contributed by atoms with Gasteiger partial charge in [0.15, 0.2) is 0 Å². The molecule has 1 heterocycles. The second-order valence-electron chi connectivity index (χ2n) is 4.61. The monoisotopic (exact) mass is 277 g/mol. The molecular formula is C10H19N3O4S. The Kier molecular flexibility index (Phi) is 4.46. The second kappa shape index (κ2) is 5.33. The molecule has 7 nitrogen and oxygen atoms in total. The van der Waals surface area contributed by atoms with Crippen LogP contribution in [-0.2, 0) is 19.6 Å². The van der Waals surface area contributed by atoms with Crippen molar-refractivity contribution in [2.24, 2.45) is 0 Å². The molecular weight excluding hydrogens is 258 g/mol. The van der Waals surface area contributed by atoms with Gasteiger partial charge in [0, 0.05) is 6.54 Å². The van der Waals surface area contributed by atoms with Crippen LogP contribution in [0.4, 0.5) is 0 Å². The molecule has 1 aliphatic heterocycles. The first-order valence-corrected chi connectivity index (χ1v) is 7.38. The van der Waals surface area contributed by atoms with Crippen LogP contribution < -0.4 is 10.6 Å². The molecule has 1 aliphatic rings. The molecule has 0 aromatic heterocycles. The van der Waals surface area contributed by atoms with E-state index in [0.29, 0.717) is 13.1 Å². The number of rotatable bonds is 5. The molecule has 8 heteroatoms. The predicted molar refractivity (Wildman–Crippen MR) is 66.3 cm³/mol. The zero-order valence-electron chi connectivity index (χ0n) is 10.8. The van der Waals surface area contributed by atoms with Crippen molar-refractivity contribution in [3.63, 3.8) is 0 Å². The lowest BCUT2D eigenvalue weighted by Gasteiger charge is -2.38. The fourth-order valence-corrected chi connectivity index (χ4v) is 3.41. The van der Waals surface area contributed by atoms with Gasteiger partial charge >= 0.3 is 0 Å². The Hall–Kier alpha value is -0.990. The van der Waals surface area contributed by atoms with Crippen LogP contribution in [0.3, 0.4) is 0 Å². The second-order valence-corrected chi connectivity index (χ2v) is 6.63. The molecule has 0 unspecified atom stereocenters. The van der Waals surface area contributed by atoms with Crippen molar-refractivity contribution in [3.05, 3.63) is 0 Å². The van der Waals surface area contributed by atoms with Crippen LogP contribution in [-0.4, -0.2) is 55.5 Å². The summed E-state index contributed by atoms with van der Waals surface area (Å²) in [6.45, 7) is 5.49. The van der Waals surface area contributed by atoms with Crippen LogP contribution in [0.25, 0.3) is 0 Å². The minimum Gasteiger partial charge on any atom is -0.316 e. The summed E-state index contributed by atoms with van der Waals surface area (Å²) >= 11 is 0. The summed E-state index contributed by atoms with van der Waals surface area (Å²) in [7, 11) is -3.64. The number of piperazine rings is 1. The maximum absolute atomic E-state index is 12.1. The van der Waals surface area contributed by atoms with Crippen molar-refractivity contribution in [3.8, 4) is 0 Å². The summed E-state index contributed by atoms with van der Waals surface area (Å²) in [4.78, 5) is 23.0. The van der Waals surface area contributed by atoms with Gasteiger partial charge in [-0.15, -0.1) is 0 Å². The fourth-order valence-electron chi connectivity index (χ4n) is 1.69. The number of nitrogens with one attached hydrogen (secondary N) is 2.